The molecule has 1 aliphatic rings. The van der Waals surface area contributed by atoms with Gasteiger partial charge in [-0.2, -0.15) is 9.64 Å². The van der Waals surface area contributed by atoms with Gasteiger partial charge in [0.2, 0.25) is 0 Å². The highest BCUT2D eigenvalue weighted by Crippen LogP contribution is 2.29. The summed E-state index contributed by atoms with van der Waals surface area (Å²) in [5, 5.41) is 12.5. The van der Waals surface area contributed by atoms with Gasteiger partial charge >= 0.3 is 6.03 Å². The van der Waals surface area contributed by atoms with E-state index in [1.54, 1.807) is 18.9 Å². The van der Waals surface area contributed by atoms with Crippen LogP contribution in [0, 0.1) is 18.3 Å². The first-order valence-corrected chi connectivity index (χ1v) is 9.54. The molecule has 0 bridgehead atoms. The molecule has 2 atom stereocenters. The smallest absolute Gasteiger partial charge is 0.322 e. The third-order valence-corrected chi connectivity index (χ3v) is 5.59. The van der Waals surface area contributed by atoms with Gasteiger partial charge in [0.15, 0.2) is 0 Å². The molecule has 0 unspecified atom stereocenters. The third-order valence-electron chi connectivity index (χ3n) is 4.74. The molecule has 1 N–H and O–H groups in total. The van der Waals surface area contributed by atoms with Crippen molar-refractivity contribution in [3.63, 3.8) is 0 Å². The van der Waals surface area contributed by atoms with Gasteiger partial charge < -0.3 is 9.64 Å². The fraction of sp³-hybridized carbons (Fsp3) is 0.421. The van der Waals surface area contributed by atoms with E-state index < -0.39 is 0 Å². The third kappa shape index (κ3) is 4.27. The van der Waals surface area contributed by atoms with Gasteiger partial charge in [-0.3, -0.25) is 10.2 Å². The second-order valence-electron chi connectivity index (χ2n) is 6.64. The van der Waals surface area contributed by atoms with E-state index in [-0.39, 0.29) is 18.2 Å². The van der Waals surface area contributed by atoms with Crippen LogP contribution in [-0.4, -0.2) is 60.1 Å². The van der Waals surface area contributed by atoms with Crippen LogP contribution < -0.4 is 5.32 Å². The van der Waals surface area contributed by atoms with E-state index in [0.29, 0.717) is 29.4 Å². The molecular formula is C19H23N5O2S. The molecule has 142 valence electrons. The summed E-state index contributed by atoms with van der Waals surface area (Å²) < 4.78 is 10.1. The maximum Gasteiger partial charge on any atom is 0.322 e. The zero-order valence-electron chi connectivity index (χ0n) is 15.7. The summed E-state index contributed by atoms with van der Waals surface area (Å²) in [7, 11) is 3.81. The average Bonchev–Trinajstić information content (AvgIpc) is 3.01. The summed E-state index contributed by atoms with van der Waals surface area (Å²) in [6, 6.07) is 12.1. The number of aromatic nitrogens is 1. The van der Waals surface area contributed by atoms with Crippen molar-refractivity contribution in [3.05, 3.63) is 47.2 Å². The Kier molecular flexibility index (Phi) is 6.06. The van der Waals surface area contributed by atoms with E-state index in [1.165, 1.54) is 5.56 Å². The lowest BCUT2D eigenvalue weighted by atomic mass is 9.98. The van der Waals surface area contributed by atoms with E-state index in [9.17, 15) is 10.1 Å². The number of benzene rings is 1. The van der Waals surface area contributed by atoms with Crippen molar-refractivity contribution >= 4 is 22.6 Å². The van der Waals surface area contributed by atoms with E-state index in [0.717, 1.165) is 18.1 Å². The predicted octanol–water partition coefficient (Wildman–Crippen LogP) is 2.86. The molecule has 1 saturated heterocycles. The highest BCUT2D eigenvalue weighted by molar-refractivity contribution is 7.10. The van der Waals surface area contributed by atoms with Crippen LogP contribution in [0.1, 0.15) is 22.9 Å². The van der Waals surface area contributed by atoms with E-state index in [4.69, 9.17) is 4.74 Å². The number of urea groups is 1. The normalized spacial score (nSPS) is 20.1. The van der Waals surface area contributed by atoms with Crippen LogP contribution in [0.15, 0.2) is 30.3 Å². The first-order chi connectivity index (χ1) is 13.0. The van der Waals surface area contributed by atoms with Crippen LogP contribution in [0.2, 0.25) is 0 Å². The summed E-state index contributed by atoms with van der Waals surface area (Å²) in [5.41, 5.74) is 2.21. The van der Waals surface area contributed by atoms with Gasteiger partial charge in [0.1, 0.15) is 16.6 Å². The number of carbonyl (C=O) groups excluding carboxylic acids is 1. The van der Waals surface area contributed by atoms with Crippen LogP contribution in [0.25, 0.3) is 0 Å². The minimum atomic E-state index is -0.279. The minimum Gasteiger partial charge on any atom is -0.373 e. The Morgan fingerprint density at radius 1 is 1.48 bits per heavy atom. The Bertz CT molecular complexity index is 832. The van der Waals surface area contributed by atoms with Gasteiger partial charge in [-0.25, -0.2) is 4.79 Å². The Morgan fingerprint density at radius 3 is 2.93 bits per heavy atom. The van der Waals surface area contributed by atoms with Crippen LogP contribution in [-0.2, 0) is 4.74 Å². The average molecular weight is 385 g/mol. The lowest BCUT2D eigenvalue weighted by Crippen LogP contribution is -2.49. The molecule has 7 nitrogen and oxygen atoms in total. The zero-order valence-corrected chi connectivity index (χ0v) is 16.5. The number of morpholine rings is 1. The molecule has 0 aliphatic carbocycles. The van der Waals surface area contributed by atoms with E-state index in [2.05, 4.69) is 39.8 Å². The van der Waals surface area contributed by atoms with Crippen molar-refractivity contribution < 1.29 is 9.53 Å². The second-order valence-corrected chi connectivity index (χ2v) is 7.41. The predicted molar refractivity (Wildman–Crippen MR) is 105 cm³/mol. The first kappa shape index (κ1) is 19.3. The van der Waals surface area contributed by atoms with Gasteiger partial charge in [-0.1, -0.05) is 30.3 Å². The number of amides is 2. The molecule has 0 spiro atoms. The maximum atomic E-state index is 12.6. The Hall–Kier alpha value is -2.47. The fourth-order valence-corrected chi connectivity index (χ4v) is 4.00. The van der Waals surface area contributed by atoms with Crippen LogP contribution in [0.3, 0.4) is 0 Å². The highest BCUT2D eigenvalue weighted by atomic mass is 32.1. The molecule has 0 radical (unpaired) electrons. The van der Waals surface area contributed by atoms with Gasteiger partial charge in [0.25, 0.3) is 0 Å². The minimum absolute atomic E-state index is 0.0792. The standard InChI is InChI=1S/C19H23N5O2S/c1-13-15(11-20)18(27-22-13)21-19(25)24(3)12-16-17(23(2)9-10-26-16)14-7-5-4-6-8-14/h4-8,16-17H,9-10,12H2,1-3H3,(H,21,25)/t16-,17-/m0/s1. The van der Waals surface area contributed by atoms with Gasteiger partial charge in [-0.15, -0.1) is 0 Å². The number of ether oxygens (including phenoxy) is 1. The van der Waals surface area contributed by atoms with Crippen molar-refractivity contribution in [2.45, 2.75) is 19.1 Å². The molecule has 3 rings (SSSR count). The number of carbonyl (C=O) groups is 1. The summed E-state index contributed by atoms with van der Waals surface area (Å²) in [6.45, 7) is 3.67. The van der Waals surface area contributed by atoms with E-state index >= 15 is 0 Å². The number of rotatable bonds is 4. The molecule has 8 heteroatoms. The number of aryl methyl sites for hydroxylation is 1. The maximum absolute atomic E-state index is 12.6. The molecule has 0 saturated carbocycles. The van der Waals surface area contributed by atoms with Gasteiger partial charge in [-0.05, 0) is 31.1 Å². The number of nitrogens with one attached hydrogen (secondary N) is 1. The number of hydrogen-bond acceptors (Lipinski definition) is 6. The first-order valence-electron chi connectivity index (χ1n) is 8.76. The van der Waals surface area contributed by atoms with Crippen molar-refractivity contribution in [1.29, 1.82) is 5.26 Å². The van der Waals surface area contributed by atoms with Gasteiger partial charge in [0.05, 0.1) is 31.0 Å². The largest absolute Gasteiger partial charge is 0.373 e. The lowest BCUT2D eigenvalue weighted by Gasteiger charge is -2.40. The molecular weight excluding hydrogens is 362 g/mol. The number of nitriles is 1. The zero-order chi connectivity index (χ0) is 19.4. The molecule has 2 aromatic rings. The molecule has 1 aromatic heterocycles. The summed E-state index contributed by atoms with van der Waals surface area (Å²) in [5.74, 6) is 0. The highest BCUT2D eigenvalue weighted by Gasteiger charge is 2.33. The monoisotopic (exact) mass is 385 g/mol. The van der Waals surface area contributed by atoms with Crippen molar-refractivity contribution in [3.8, 4) is 6.07 Å². The lowest BCUT2D eigenvalue weighted by molar-refractivity contribution is -0.0694. The second kappa shape index (κ2) is 8.48. The Labute approximate surface area is 163 Å². The van der Waals surface area contributed by atoms with Crippen LogP contribution in [0.4, 0.5) is 9.80 Å². The number of likely N-dealkylation sites (N-methyl/N-ethyl adjacent to an activating group) is 2. The quantitative estimate of drug-likeness (QED) is 0.875. The Morgan fingerprint density at radius 2 is 2.22 bits per heavy atom. The Balaban J connectivity index is 1.70. The number of anilines is 1. The van der Waals surface area contributed by atoms with Crippen molar-refractivity contribution in [2.75, 3.05) is 39.1 Å². The molecule has 27 heavy (non-hydrogen) atoms. The van der Waals surface area contributed by atoms with Gasteiger partial charge in [0, 0.05) is 13.6 Å². The summed E-state index contributed by atoms with van der Waals surface area (Å²) >= 11 is 1.12. The van der Waals surface area contributed by atoms with Crippen LogP contribution in [0.5, 0.6) is 0 Å². The SMILES string of the molecule is Cc1nsc(NC(=O)N(C)C[C@@H]2OCCN(C)[C@H]2c2ccccc2)c1C#N. The molecule has 1 aliphatic heterocycles. The molecule has 1 aromatic carbocycles. The van der Waals surface area contributed by atoms with Crippen molar-refractivity contribution in [2.24, 2.45) is 0 Å². The fourth-order valence-electron chi connectivity index (χ4n) is 3.27. The summed E-state index contributed by atoms with van der Waals surface area (Å²) in [4.78, 5) is 16.5. The van der Waals surface area contributed by atoms with Crippen LogP contribution >= 0.6 is 11.5 Å². The number of hydrogen-bond donors (Lipinski definition) is 1. The van der Waals surface area contributed by atoms with Crippen molar-refractivity contribution in [1.82, 2.24) is 14.2 Å². The molecule has 1 fully saturated rings. The summed E-state index contributed by atoms with van der Waals surface area (Å²) in [6.07, 6.45) is -0.138. The van der Waals surface area contributed by atoms with E-state index in [1.807, 2.05) is 18.2 Å². The topological polar surface area (TPSA) is 81.5 Å². The molecule has 2 amide bonds. The number of nitrogens with zero attached hydrogens (tertiary/aromatic N) is 4. The molecule has 2 heterocycles.